The minimum absolute atomic E-state index is 0.240. The number of halogens is 2. The summed E-state index contributed by atoms with van der Waals surface area (Å²) in [6.07, 6.45) is 0. The second kappa shape index (κ2) is 5.91. The molecule has 0 aliphatic heterocycles. The lowest BCUT2D eigenvalue weighted by Crippen LogP contribution is -2.13. The highest BCUT2D eigenvalue weighted by Gasteiger charge is 2.14. The molecule has 0 bridgehead atoms. The Kier molecular flexibility index (Phi) is 4.48. The lowest BCUT2D eigenvalue weighted by molar-refractivity contribution is 0.408. The van der Waals surface area contributed by atoms with Gasteiger partial charge in [-0.2, -0.15) is 0 Å². The van der Waals surface area contributed by atoms with Crippen LogP contribution in [-0.2, 0) is 0 Å². The summed E-state index contributed by atoms with van der Waals surface area (Å²) in [5.74, 6) is 0.791. The summed E-state index contributed by atoms with van der Waals surface area (Å²) in [5.41, 5.74) is 8.20. The molecule has 0 spiro atoms. The summed E-state index contributed by atoms with van der Waals surface area (Å²) in [6.45, 7) is 0. The highest BCUT2D eigenvalue weighted by molar-refractivity contribution is 14.1. The Hall–Kier alpha value is -0.780. The van der Waals surface area contributed by atoms with Crippen molar-refractivity contribution in [3.8, 4) is 5.75 Å². The molecule has 2 rings (SSSR count). The first-order valence-electron chi connectivity index (χ1n) is 5.47. The molecule has 2 N–H and O–H groups in total. The second-order valence-corrected chi connectivity index (χ2v) is 5.46. The molecular formula is C14H13ClINO. The van der Waals surface area contributed by atoms with Crippen LogP contribution >= 0.6 is 34.2 Å². The van der Waals surface area contributed by atoms with Crippen LogP contribution in [0.3, 0.4) is 0 Å². The van der Waals surface area contributed by atoms with E-state index in [0.717, 1.165) is 25.5 Å². The predicted molar refractivity (Wildman–Crippen MR) is 83.2 cm³/mol. The molecule has 2 nitrogen and oxygen atoms in total. The molecule has 18 heavy (non-hydrogen) atoms. The molecule has 0 aliphatic rings. The molecule has 4 heteroatoms. The van der Waals surface area contributed by atoms with E-state index < -0.39 is 0 Å². The van der Waals surface area contributed by atoms with Gasteiger partial charge in [0, 0.05) is 9.13 Å². The van der Waals surface area contributed by atoms with E-state index in [0.29, 0.717) is 0 Å². The normalized spacial score (nSPS) is 12.2. The van der Waals surface area contributed by atoms with Gasteiger partial charge in [0.2, 0.25) is 0 Å². The van der Waals surface area contributed by atoms with Crippen molar-refractivity contribution >= 4 is 34.2 Å². The topological polar surface area (TPSA) is 35.2 Å². The molecule has 0 aliphatic carbocycles. The van der Waals surface area contributed by atoms with Crippen molar-refractivity contribution in [1.82, 2.24) is 0 Å². The first kappa shape index (κ1) is 13.6. The fraction of sp³-hybridized carbons (Fsp3) is 0.143. The molecule has 1 unspecified atom stereocenters. The standard InChI is InChI=1S/C14H13ClINO/c1-18-13-5-3-2-4-10(13)14(17)9-6-7-12(16)11(15)8-9/h2-8,14H,17H2,1H3. The third kappa shape index (κ3) is 2.79. The summed E-state index contributed by atoms with van der Waals surface area (Å²) in [6, 6.07) is 13.4. The summed E-state index contributed by atoms with van der Waals surface area (Å²) in [4.78, 5) is 0. The third-order valence-corrected chi connectivity index (χ3v) is 4.35. The van der Waals surface area contributed by atoms with Crippen molar-refractivity contribution in [3.63, 3.8) is 0 Å². The number of para-hydroxylation sites is 1. The predicted octanol–water partition coefficient (Wildman–Crippen LogP) is 4.00. The highest BCUT2D eigenvalue weighted by Crippen LogP contribution is 2.30. The number of benzene rings is 2. The van der Waals surface area contributed by atoms with Gasteiger partial charge in [0.25, 0.3) is 0 Å². The Labute approximate surface area is 125 Å². The molecule has 0 saturated carbocycles. The quantitative estimate of drug-likeness (QED) is 0.825. The SMILES string of the molecule is COc1ccccc1C(N)c1ccc(I)c(Cl)c1. The second-order valence-electron chi connectivity index (χ2n) is 3.89. The molecule has 0 fully saturated rings. The average Bonchev–Trinajstić information content (AvgIpc) is 2.41. The fourth-order valence-electron chi connectivity index (χ4n) is 1.81. The van der Waals surface area contributed by atoms with Gasteiger partial charge in [0.15, 0.2) is 0 Å². The van der Waals surface area contributed by atoms with Crippen LogP contribution in [0, 0.1) is 3.57 Å². The summed E-state index contributed by atoms with van der Waals surface area (Å²) < 4.78 is 6.35. The van der Waals surface area contributed by atoms with Gasteiger partial charge in [-0.05, 0) is 46.4 Å². The van der Waals surface area contributed by atoms with E-state index >= 15 is 0 Å². The number of rotatable bonds is 3. The Morgan fingerprint density at radius 1 is 1.22 bits per heavy atom. The van der Waals surface area contributed by atoms with E-state index in [1.807, 2.05) is 42.5 Å². The lowest BCUT2D eigenvalue weighted by Gasteiger charge is -2.16. The number of methoxy groups -OCH3 is 1. The zero-order valence-electron chi connectivity index (χ0n) is 9.86. The maximum Gasteiger partial charge on any atom is 0.123 e. The van der Waals surface area contributed by atoms with Gasteiger partial charge in [-0.25, -0.2) is 0 Å². The van der Waals surface area contributed by atoms with Gasteiger partial charge in [0.05, 0.1) is 18.2 Å². The van der Waals surface area contributed by atoms with Crippen LogP contribution in [0.4, 0.5) is 0 Å². The number of ether oxygens (including phenoxy) is 1. The molecule has 2 aromatic carbocycles. The van der Waals surface area contributed by atoms with E-state index in [9.17, 15) is 0 Å². The first-order chi connectivity index (χ1) is 8.63. The molecule has 0 heterocycles. The number of nitrogens with two attached hydrogens (primary N) is 1. The van der Waals surface area contributed by atoms with Crippen molar-refractivity contribution in [2.75, 3.05) is 7.11 Å². The highest BCUT2D eigenvalue weighted by atomic mass is 127. The molecule has 0 radical (unpaired) electrons. The van der Waals surface area contributed by atoms with Gasteiger partial charge < -0.3 is 10.5 Å². The fourth-order valence-corrected chi connectivity index (χ4v) is 2.33. The molecule has 0 amide bonds. The summed E-state index contributed by atoms with van der Waals surface area (Å²) >= 11 is 8.32. The number of hydrogen-bond donors (Lipinski definition) is 1. The summed E-state index contributed by atoms with van der Waals surface area (Å²) in [7, 11) is 1.65. The molecule has 94 valence electrons. The van der Waals surface area contributed by atoms with Gasteiger partial charge >= 0.3 is 0 Å². The monoisotopic (exact) mass is 373 g/mol. The van der Waals surface area contributed by atoms with Crippen molar-refractivity contribution in [3.05, 3.63) is 62.2 Å². The van der Waals surface area contributed by atoms with Crippen molar-refractivity contribution in [2.24, 2.45) is 5.73 Å². The minimum atomic E-state index is -0.240. The van der Waals surface area contributed by atoms with Crippen LogP contribution in [0.5, 0.6) is 5.75 Å². The Morgan fingerprint density at radius 3 is 2.61 bits per heavy atom. The van der Waals surface area contributed by atoms with Crippen molar-refractivity contribution < 1.29 is 4.74 Å². The molecule has 0 aromatic heterocycles. The van der Waals surface area contributed by atoms with Crippen LogP contribution in [0.15, 0.2) is 42.5 Å². The van der Waals surface area contributed by atoms with Crippen LogP contribution in [0.25, 0.3) is 0 Å². The molecule has 0 saturated heterocycles. The molecular weight excluding hydrogens is 361 g/mol. The molecule has 1 atom stereocenters. The van der Waals surface area contributed by atoms with Gasteiger partial charge in [-0.15, -0.1) is 0 Å². The van der Waals surface area contributed by atoms with Gasteiger partial charge in [-0.3, -0.25) is 0 Å². The van der Waals surface area contributed by atoms with Crippen LogP contribution in [0.2, 0.25) is 5.02 Å². The van der Waals surface area contributed by atoms with Gasteiger partial charge in [0.1, 0.15) is 5.75 Å². The van der Waals surface area contributed by atoms with Crippen LogP contribution in [0.1, 0.15) is 17.2 Å². The van der Waals surface area contributed by atoms with E-state index in [4.69, 9.17) is 22.1 Å². The van der Waals surface area contributed by atoms with Crippen LogP contribution in [-0.4, -0.2) is 7.11 Å². The Bertz CT molecular complexity index is 559. The first-order valence-corrected chi connectivity index (χ1v) is 6.92. The minimum Gasteiger partial charge on any atom is -0.496 e. The maximum absolute atomic E-state index is 6.27. The van der Waals surface area contributed by atoms with E-state index in [1.54, 1.807) is 7.11 Å². The van der Waals surface area contributed by atoms with E-state index in [-0.39, 0.29) is 6.04 Å². The Balaban J connectivity index is 2.41. The zero-order valence-corrected chi connectivity index (χ0v) is 12.8. The van der Waals surface area contributed by atoms with E-state index in [2.05, 4.69) is 22.6 Å². The Morgan fingerprint density at radius 2 is 1.94 bits per heavy atom. The smallest absolute Gasteiger partial charge is 0.123 e. The lowest BCUT2D eigenvalue weighted by atomic mass is 9.99. The van der Waals surface area contributed by atoms with E-state index in [1.165, 1.54) is 0 Å². The summed E-state index contributed by atoms with van der Waals surface area (Å²) in [5, 5.41) is 0.721. The van der Waals surface area contributed by atoms with Crippen molar-refractivity contribution in [2.45, 2.75) is 6.04 Å². The molecule has 2 aromatic rings. The average molecular weight is 374 g/mol. The van der Waals surface area contributed by atoms with Gasteiger partial charge in [-0.1, -0.05) is 35.9 Å². The maximum atomic E-state index is 6.27. The largest absolute Gasteiger partial charge is 0.496 e. The zero-order chi connectivity index (χ0) is 13.1. The third-order valence-electron chi connectivity index (χ3n) is 2.78. The van der Waals surface area contributed by atoms with Crippen LogP contribution < -0.4 is 10.5 Å². The number of hydrogen-bond acceptors (Lipinski definition) is 2. The van der Waals surface area contributed by atoms with Crippen molar-refractivity contribution in [1.29, 1.82) is 0 Å².